The standard InChI is InChI=1S/C25H24IN5O2/c1-15-4-7-20(26)19(10-15)22-13-29-24(27)25(31-22)33-9-8-17-6-5-16(2)18(11-17)21-12-28-14-23(30-21)32-3/h4-7,10-14H,8-9H2,1-3H3,(H2,27,29). The maximum Gasteiger partial charge on any atom is 0.257 e. The zero-order valence-electron chi connectivity index (χ0n) is 18.7. The Morgan fingerprint density at radius 1 is 0.939 bits per heavy atom. The number of nitrogens with two attached hydrogens (primary N) is 1. The molecule has 0 radical (unpaired) electrons. The van der Waals surface area contributed by atoms with Crippen molar-refractivity contribution in [2.24, 2.45) is 0 Å². The normalized spacial score (nSPS) is 10.8. The van der Waals surface area contributed by atoms with Crippen LogP contribution in [0, 0.1) is 17.4 Å². The third-order valence-electron chi connectivity index (χ3n) is 5.19. The topological polar surface area (TPSA) is 96.0 Å². The molecule has 2 aromatic carbocycles. The first-order valence-corrected chi connectivity index (χ1v) is 11.5. The van der Waals surface area contributed by atoms with Gasteiger partial charge >= 0.3 is 0 Å². The molecule has 0 spiro atoms. The summed E-state index contributed by atoms with van der Waals surface area (Å²) in [6.45, 7) is 4.51. The summed E-state index contributed by atoms with van der Waals surface area (Å²) >= 11 is 2.29. The maximum atomic E-state index is 6.03. The van der Waals surface area contributed by atoms with Gasteiger partial charge in [-0.25, -0.2) is 15.0 Å². The predicted octanol–water partition coefficient (Wildman–Crippen LogP) is 5.03. The van der Waals surface area contributed by atoms with Gasteiger partial charge in [-0.3, -0.25) is 4.98 Å². The number of benzene rings is 2. The number of hydrogen-bond acceptors (Lipinski definition) is 7. The summed E-state index contributed by atoms with van der Waals surface area (Å²) in [6, 6.07) is 12.5. The molecule has 0 aliphatic carbocycles. The van der Waals surface area contributed by atoms with Crippen molar-refractivity contribution in [1.29, 1.82) is 0 Å². The maximum absolute atomic E-state index is 6.03. The predicted molar refractivity (Wildman–Crippen MR) is 137 cm³/mol. The van der Waals surface area contributed by atoms with Gasteiger partial charge in [-0.2, -0.15) is 0 Å². The van der Waals surface area contributed by atoms with Crippen LogP contribution in [0.4, 0.5) is 5.82 Å². The first kappa shape index (κ1) is 22.9. The summed E-state index contributed by atoms with van der Waals surface area (Å²) in [4.78, 5) is 17.6. The number of ether oxygens (including phenoxy) is 2. The van der Waals surface area contributed by atoms with Gasteiger partial charge in [0.2, 0.25) is 5.88 Å². The molecule has 33 heavy (non-hydrogen) atoms. The Morgan fingerprint density at radius 2 is 1.76 bits per heavy atom. The number of aromatic nitrogens is 4. The molecular formula is C25H24IN5O2. The summed E-state index contributed by atoms with van der Waals surface area (Å²) < 4.78 is 12.2. The van der Waals surface area contributed by atoms with E-state index in [0.717, 1.165) is 42.8 Å². The Balaban J connectivity index is 1.50. The van der Waals surface area contributed by atoms with Gasteiger partial charge in [0.1, 0.15) is 0 Å². The SMILES string of the molecule is COc1cncc(-c2cc(CCOc3nc(-c4cc(C)ccc4I)cnc3N)ccc2C)n1. The molecule has 2 N–H and O–H groups in total. The largest absolute Gasteiger partial charge is 0.480 e. The smallest absolute Gasteiger partial charge is 0.257 e. The highest BCUT2D eigenvalue weighted by molar-refractivity contribution is 14.1. The van der Waals surface area contributed by atoms with Gasteiger partial charge in [-0.05, 0) is 65.8 Å². The zero-order chi connectivity index (χ0) is 23.4. The number of aryl methyl sites for hydroxylation is 2. The van der Waals surface area contributed by atoms with Gasteiger partial charge in [-0.1, -0.05) is 23.8 Å². The minimum Gasteiger partial charge on any atom is -0.480 e. The van der Waals surface area contributed by atoms with Crippen LogP contribution in [0.1, 0.15) is 16.7 Å². The molecule has 4 aromatic rings. The molecule has 8 heteroatoms. The lowest BCUT2D eigenvalue weighted by Gasteiger charge is -2.12. The minimum absolute atomic E-state index is 0.276. The third-order valence-corrected chi connectivity index (χ3v) is 6.13. The fourth-order valence-electron chi connectivity index (χ4n) is 3.40. The monoisotopic (exact) mass is 553 g/mol. The van der Waals surface area contributed by atoms with Crippen LogP contribution in [0.15, 0.2) is 55.0 Å². The van der Waals surface area contributed by atoms with Gasteiger partial charge in [0.25, 0.3) is 5.88 Å². The van der Waals surface area contributed by atoms with Crippen LogP contribution in [-0.2, 0) is 6.42 Å². The zero-order valence-corrected chi connectivity index (χ0v) is 20.8. The average Bonchev–Trinajstić information content (AvgIpc) is 2.83. The van der Waals surface area contributed by atoms with Crippen molar-refractivity contribution in [3.63, 3.8) is 0 Å². The molecule has 0 fully saturated rings. The summed E-state index contributed by atoms with van der Waals surface area (Å²) in [7, 11) is 1.58. The van der Waals surface area contributed by atoms with Crippen LogP contribution in [0.2, 0.25) is 0 Å². The summed E-state index contributed by atoms with van der Waals surface area (Å²) in [5.41, 5.74) is 12.9. The van der Waals surface area contributed by atoms with Crippen LogP contribution in [-0.4, -0.2) is 33.7 Å². The van der Waals surface area contributed by atoms with E-state index >= 15 is 0 Å². The van der Waals surface area contributed by atoms with Crippen molar-refractivity contribution in [1.82, 2.24) is 19.9 Å². The third kappa shape index (κ3) is 5.39. The van der Waals surface area contributed by atoms with Crippen molar-refractivity contribution in [3.8, 4) is 34.3 Å². The number of rotatable bonds is 7. The van der Waals surface area contributed by atoms with Crippen LogP contribution in [0.3, 0.4) is 0 Å². The van der Waals surface area contributed by atoms with Crippen molar-refractivity contribution in [2.45, 2.75) is 20.3 Å². The molecule has 7 nitrogen and oxygen atoms in total. The van der Waals surface area contributed by atoms with Crippen molar-refractivity contribution in [3.05, 3.63) is 75.2 Å². The molecule has 4 rings (SSSR count). The van der Waals surface area contributed by atoms with Crippen LogP contribution in [0.5, 0.6) is 11.8 Å². The highest BCUT2D eigenvalue weighted by atomic mass is 127. The second kappa shape index (κ2) is 10.1. The van der Waals surface area contributed by atoms with Crippen LogP contribution in [0.25, 0.3) is 22.5 Å². The van der Waals surface area contributed by atoms with E-state index in [9.17, 15) is 0 Å². The first-order valence-electron chi connectivity index (χ1n) is 10.4. The van der Waals surface area contributed by atoms with Gasteiger partial charge in [0.15, 0.2) is 5.82 Å². The first-order chi connectivity index (χ1) is 15.9. The van der Waals surface area contributed by atoms with Crippen LogP contribution >= 0.6 is 22.6 Å². The molecule has 0 saturated heterocycles. The van der Waals surface area contributed by atoms with E-state index in [2.05, 4.69) is 85.8 Å². The van der Waals surface area contributed by atoms with E-state index in [1.165, 1.54) is 0 Å². The van der Waals surface area contributed by atoms with Crippen molar-refractivity contribution in [2.75, 3.05) is 19.5 Å². The fraction of sp³-hybridized carbons (Fsp3) is 0.200. The lowest BCUT2D eigenvalue weighted by molar-refractivity contribution is 0.310. The van der Waals surface area contributed by atoms with E-state index < -0.39 is 0 Å². The number of anilines is 1. The highest BCUT2D eigenvalue weighted by Crippen LogP contribution is 2.28. The van der Waals surface area contributed by atoms with E-state index in [4.69, 9.17) is 15.2 Å². The highest BCUT2D eigenvalue weighted by Gasteiger charge is 2.12. The molecule has 0 atom stereocenters. The van der Waals surface area contributed by atoms with E-state index in [-0.39, 0.29) is 5.82 Å². The molecule has 0 aliphatic rings. The van der Waals surface area contributed by atoms with Crippen molar-refractivity contribution < 1.29 is 9.47 Å². The number of hydrogen-bond donors (Lipinski definition) is 1. The Bertz CT molecular complexity index is 1300. The minimum atomic E-state index is 0.276. The second-order valence-corrected chi connectivity index (χ2v) is 8.79. The van der Waals surface area contributed by atoms with Crippen molar-refractivity contribution >= 4 is 28.4 Å². The fourth-order valence-corrected chi connectivity index (χ4v) is 4.01. The van der Waals surface area contributed by atoms with E-state index in [1.807, 2.05) is 6.92 Å². The van der Waals surface area contributed by atoms with Crippen LogP contribution < -0.4 is 15.2 Å². The molecule has 2 aromatic heterocycles. The number of halogens is 1. The molecule has 168 valence electrons. The van der Waals surface area contributed by atoms with Gasteiger partial charge in [-0.15, -0.1) is 0 Å². The summed E-state index contributed by atoms with van der Waals surface area (Å²) in [5, 5.41) is 0. The molecule has 2 heterocycles. The number of nitrogens with zero attached hydrogens (tertiary/aromatic N) is 4. The molecule has 0 saturated carbocycles. The quantitative estimate of drug-likeness (QED) is 0.321. The number of methoxy groups -OCH3 is 1. The molecule has 0 bridgehead atoms. The second-order valence-electron chi connectivity index (χ2n) is 7.62. The van der Waals surface area contributed by atoms with Gasteiger partial charge < -0.3 is 15.2 Å². The lowest BCUT2D eigenvalue weighted by atomic mass is 10.0. The van der Waals surface area contributed by atoms with Gasteiger partial charge in [0, 0.05) is 21.1 Å². The summed E-state index contributed by atoms with van der Waals surface area (Å²) in [6.07, 6.45) is 5.69. The lowest BCUT2D eigenvalue weighted by Crippen LogP contribution is -2.07. The Kier molecular flexibility index (Phi) is 7.02. The molecule has 0 amide bonds. The Morgan fingerprint density at radius 3 is 2.58 bits per heavy atom. The molecule has 0 aliphatic heterocycles. The summed E-state index contributed by atoms with van der Waals surface area (Å²) in [5.74, 6) is 1.10. The van der Waals surface area contributed by atoms with E-state index in [1.54, 1.807) is 25.7 Å². The van der Waals surface area contributed by atoms with Gasteiger partial charge in [0.05, 0.1) is 43.7 Å². The molecular weight excluding hydrogens is 529 g/mol. The van der Waals surface area contributed by atoms with E-state index in [0.29, 0.717) is 24.8 Å². The average molecular weight is 553 g/mol. The Labute approximate surface area is 206 Å². The number of nitrogen functional groups attached to an aromatic ring is 1. The Hall–Kier alpha value is -3.27. The molecule has 0 unspecified atom stereocenters.